The Kier molecular flexibility index (Phi) is 4.30. The number of nitrogens with one attached hydrogen (secondary N) is 1. The molecule has 0 aliphatic carbocycles. The predicted octanol–water partition coefficient (Wildman–Crippen LogP) is 1.65. The van der Waals surface area contributed by atoms with E-state index in [9.17, 15) is 8.78 Å². The monoisotopic (exact) mass is 298 g/mol. The van der Waals surface area contributed by atoms with E-state index >= 15 is 0 Å². The maximum absolute atomic E-state index is 13.6. The van der Waals surface area contributed by atoms with Crippen LogP contribution in [0.4, 0.5) is 20.7 Å². The fraction of sp³-hybridized carbons (Fsp3) is 0.182. The standard InChI is InChI=1S/C11H12F2N6S/c1-19(2)10-15-9(18-14)16-11(17-10)20-8-4-3-6(12)5-7(8)13/h3-5H,14H2,1-2H3,(H,15,16,17,18). The van der Waals surface area contributed by atoms with E-state index in [0.717, 1.165) is 17.8 Å². The molecular weight excluding hydrogens is 286 g/mol. The zero-order valence-electron chi connectivity index (χ0n) is 10.8. The first-order chi connectivity index (χ1) is 9.49. The quantitative estimate of drug-likeness (QED) is 0.656. The third kappa shape index (κ3) is 3.31. The van der Waals surface area contributed by atoms with Gasteiger partial charge in [-0.15, -0.1) is 0 Å². The van der Waals surface area contributed by atoms with Gasteiger partial charge in [0.25, 0.3) is 0 Å². The van der Waals surface area contributed by atoms with Crippen molar-refractivity contribution in [2.75, 3.05) is 24.4 Å². The Morgan fingerprint density at radius 3 is 2.55 bits per heavy atom. The molecule has 0 bridgehead atoms. The van der Waals surface area contributed by atoms with Gasteiger partial charge in [-0.25, -0.2) is 14.6 Å². The maximum atomic E-state index is 13.6. The van der Waals surface area contributed by atoms with Gasteiger partial charge in [-0.3, -0.25) is 5.43 Å². The molecule has 2 aromatic rings. The van der Waals surface area contributed by atoms with Gasteiger partial charge in [-0.05, 0) is 23.9 Å². The lowest BCUT2D eigenvalue weighted by atomic mass is 10.3. The normalized spacial score (nSPS) is 10.4. The van der Waals surface area contributed by atoms with Crippen molar-refractivity contribution in [3.63, 3.8) is 0 Å². The Morgan fingerprint density at radius 2 is 1.95 bits per heavy atom. The molecule has 0 unspecified atom stereocenters. The number of halogens is 2. The summed E-state index contributed by atoms with van der Waals surface area (Å²) in [6.07, 6.45) is 0. The second kappa shape index (κ2) is 5.97. The van der Waals surface area contributed by atoms with Crippen molar-refractivity contribution in [1.29, 1.82) is 0 Å². The van der Waals surface area contributed by atoms with Gasteiger partial charge in [0, 0.05) is 20.2 Å². The number of anilines is 2. The van der Waals surface area contributed by atoms with E-state index in [1.54, 1.807) is 19.0 Å². The number of hydrogen-bond acceptors (Lipinski definition) is 7. The van der Waals surface area contributed by atoms with E-state index in [0.29, 0.717) is 5.95 Å². The van der Waals surface area contributed by atoms with E-state index in [1.165, 1.54) is 12.1 Å². The molecule has 0 aliphatic heterocycles. The van der Waals surface area contributed by atoms with Crippen LogP contribution in [0.5, 0.6) is 0 Å². The number of rotatable bonds is 4. The zero-order chi connectivity index (χ0) is 14.7. The van der Waals surface area contributed by atoms with Crippen LogP contribution in [0.1, 0.15) is 0 Å². The van der Waals surface area contributed by atoms with Crippen LogP contribution in [-0.4, -0.2) is 29.0 Å². The highest BCUT2D eigenvalue weighted by Gasteiger charge is 2.12. The third-order valence-electron chi connectivity index (χ3n) is 2.23. The van der Waals surface area contributed by atoms with Crippen molar-refractivity contribution in [1.82, 2.24) is 15.0 Å². The average Bonchev–Trinajstić information content (AvgIpc) is 2.41. The zero-order valence-corrected chi connectivity index (χ0v) is 11.6. The van der Waals surface area contributed by atoms with Crippen molar-refractivity contribution in [2.45, 2.75) is 10.1 Å². The molecule has 0 saturated carbocycles. The summed E-state index contributed by atoms with van der Waals surface area (Å²) in [5.74, 6) is 4.50. The Hall–Kier alpha value is -2.00. The van der Waals surface area contributed by atoms with Gasteiger partial charge in [0.15, 0.2) is 5.16 Å². The molecule has 0 spiro atoms. The summed E-state index contributed by atoms with van der Waals surface area (Å²) in [6, 6.07) is 3.30. The number of nitrogens with two attached hydrogens (primary N) is 1. The second-order valence-electron chi connectivity index (χ2n) is 3.96. The molecule has 0 saturated heterocycles. The fourth-order valence-electron chi connectivity index (χ4n) is 1.31. The second-order valence-corrected chi connectivity index (χ2v) is 4.97. The van der Waals surface area contributed by atoms with E-state index in [-0.39, 0.29) is 16.0 Å². The van der Waals surface area contributed by atoms with Crippen molar-refractivity contribution in [3.05, 3.63) is 29.8 Å². The molecule has 0 radical (unpaired) electrons. The number of nitrogens with zero attached hydrogens (tertiary/aromatic N) is 4. The number of nitrogen functional groups attached to an aromatic ring is 1. The fourth-order valence-corrected chi connectivity index (χ4v) is 2.06. The highest BCUT2D eigenvalue weighted by atomic mass is 32.2. The smallest absolute Gasteiger partial charge is 0.242 e. The summed E-state index contributed by atoms with van der Waals surface area (Å²) < 4.78 is 26.4. The lowest BCUT2D eigenvalue weighted by Gasteiger charge is -2.12. The lowest BCUT2D eigenvalue weighted by molar-refractivity contribution is 0.565. The first-order valence-electron chi connectivity index (χ1n) is 5.52. The van der Waals surface area contributed by atoms with Gasteiger partial charge in [-0.2, -0.15) is 15.0 Å². The minimum atomic E-state index is -0.677. The average molecular weight is 298 g/mol. The van der Waals surface area contributed by atoms with Crippen LogP contribution in [0.3, 0.4) is 0 Å². The SMILES string of the molecule is CN(C)c1nc(NN)nc(Sc2ccc(F)cc2F)n1. The minimum Gasteiger partial charge on any atom is -0.347 e. The molecule has 9 heteroatoms. The van der Waals surface area contributed by atoms with Crippen molar-refractivity contribution < 1.29 is 8.78 Å². The molecule has 0 atom stereocenters. The predicted molar refractivity (Wildman–Crippen MR) is 72.4 cm³/mol. The van der Waals surface area contributed by atoms with Crippen molar-refractivity contribution in [2.24, 2.45) is 5.84 Å². The summed E-state index contributed by atoms with van der Waals surface area (Å²) in [7, 11) is 3.51. The summed E-state index contributed by atoms with van der Waals surface area (Å²) in [4.78, 5) is 14.1. The third-order valence-corrected chi connectivity index (χ3v) is 3.14. The minimum absolute atomic E-state index is 0.161. The molecular formula is C11H12F2N6S. The van der Waals surface area contributed by atoms with E-state index < -0.39 is 11.6 Å². The molecule has 0 aliphatic rings. The van der Waals surface area contributed by atoms with Gasteiger partial charge in [-0.1, -0.05) is 0 Å². The van der Waals surface area contributed by atoms with Crippen LogP contribution in [0.2, 0.25) is 0 Å². The molecule has 0 amide bonds. The van der Waals surface area contributed by atoms with Crippen LogP contribution >= 0.6 is 11.8 Å². The molecule has 3 N–H and O–H groups in total. The first kappa shape index (κ1) is 14.4. The van der Waals surface area contributed by atoms with Crippen LogP contribution in [0.25, 0.3) is 0 Å². The van der Waals surface area contributed by atoms with Gasteiger partial charge in [0.2, 0.25) is 11.9 Å². The van der Waals surface area contributed by atoms with Crippen LogP contribution < -0.4 is 16.2 Å². The van der Waals surface area contributed by atoms with Gasteiger partial charge in [0.05, 0.1) is 4.90 Å². The van der Waals surface area contributed by atoms with Crippen LogP contribution in [0, 0.1) is 11.6 Å². The number of hydrogen-bond donors (Lipinski definition) is 2. The molecule has 1 aromatic heterocycles. The Balaban J connectivity index is 2.34. The van der Waals surface area contributed by atoms with Gasteiger partial charge < -0.3 is 4.90 Å². The molecule has 1 heterocycles. The van der Waals surface area contributed by atoms with Gasteiger partial charge >= 0.3 is 0 Å². The van der Waals surface area contributed by atoms with Crippen molar-refractivity contribution >= 4 is 23.7 Å². The maximum Gasteiger partial charge on any atom is 0.242 e. The number of hydrazine groups is 1. The summed E-state index contributed by atoms with van der Waals surface area (Å²) in [6.45, 7) is 0. The Morgan fingerprint density at radius 1 is 1.20 bits per heavy atom. The summed E-state index contributed by atoms with van der Waals surface area (Å²) >= 11 is 0.958. The van der Waals surface area contributed by atoms with E-state index in [2.05, 4.69) is 20.4 Å². The van der Waals surface area contributed by atoms with E-state index in [1.807, 2.05) is 0 Å². The summed E-state index contributed by atoms with van der Waals surface area (Å²) in [5.41, 5.74) is 2.32. The van der Waals surface area contributed by atoms with Crippen molar-refractivity contribution in [3.8, 4) is 0 Å². The lowest BCUT2D eigenvalue weighted by Crippen LogP contribution is -2.17. The molecule has 20 heavy (non-hydrogen) atoms. The topological polar surface area (TPSA) is 80.0 Å². The molecule has 106 valence electrons. The van der Waals surface area contributed by atoms with Crippen LogP contribution in [-0.2, 0) is 0 Å². The Labute approximate surface area is 118 Å². The first-order valence-corrected chi connectivity index (χ1v) is 6.34. The van der Waals surface area contributed by atoms with E-state index in [4.69, 9.17) is 5.84 Å². The largest absolute Gasteiger partial charge is 0.347 e. The van der Waals surface area contributed by atoms with Gasteiger partial charge in [0.1, 0.15) is 11.6 Å². The molecule has 0 fully saturated rings. The summed E-state index contributed by atoms with van der Waals surface area (Å²) in [5, 5.41) is 0.252. The molecule has 6 nitrogen and oxygen atoms in total. The highest BCUT2D eigenvalue weighted by Crippen LogP contribution is 2.28. The highest BCUT2D eigenvalue weighted by molar-refractivity contribution is 7.99. The Bertz CT molecular complexity index is 622. The molecule has 1 aromatic carbocycles. The number of benzene rings is 1. The van der Waals surface area contributed by atoms with Crippen LogP contribution in [0.15, 0.2) is 28.3 Å². The molecule has 2 rings (SSSR count). The number of aromatic nitrogens is 3.